The van der Waals surface area contributed by atoms with Gasteiger partial charge in [-0.3, -0.25) is 4.68 Å². The Kier molecular flexibility index (Phi) is 6.97. The fourth-order valence-corrected chi connectivity index (χ4v) is 5.18. The van der Waals surface area contributed by atoms with Gasteiger partial charge in [-0.25, -0.2) is 15.0 Å². The largest absolute Gasteiger partial charge is 0.497 e. The van der Waals surface area contributed by atoms with Gasteiger partial charge in [0.25, 0.3) is 0 Å². The molecule has 40 heavy (non-hydrogen) atoms. The third-order valence-corrected chi connectivity index (χ3v) is 7.39. The van der Waals surface area contributed by atoms with Crippen LogP contribution in [0.2, 0.25) is 0 Å². The van der Waals surface area contributed by atoms with E-state index < -0.39 is 0 Å². The quantitative estimate of drug-likeness (QED) is 0.288. The Hall–Kier alpha value is -4.61. The molecule has 0 saturated carbocycles. The van der Waals surface area contributed by atoms with Crippen molar-refractivity contribution in [3.8, 4) is 23.1 Å². The van der Waals surface area contributed by atoms with Crippen molar-refractivity contribution in [2.75, 3.05) is 37.5 Å². The van der Waals surface area contributed by atoms with Crippen molar-refractivity contribution in [3.63, 3.8) is 0 Å². The Morgan fingerprint density at radius 3 is 2.83 bits per heavy atom. The molecule has 0 amide bonds. The number of piperidine rings is 1. The summed E-state index contributed by atoms with van der Waals surface area (Å²) in [7, 11) is 3.28. The first-order chi connectivity index (χ1) is 19.6. The molecule has 1 aliphatic rings. The Balaban J connectivity index is 1.35. The Morgan fingerprint density at radius 2 is 2.08 bits per heavy atom. The lowest BCUT2D eigenvalue weighted by atomic mass is 9.97. The van der Waals surface area contributed by atoms with Crippen LogP contribution in [0, 0.1) is 6.92 Å². The summed E-state index contributed by atoms with van der Waals surface area (Å²) >= 11 is 0. The van der Waals surface area contributed by atoms with E-state index in [-0.39, 0.29) is 5.92 Å². The van der Waals surface area contributed by atoms with Crippen LogP contribution in [0.4, 0.5) is 11.6 Å². The summed E-state index contributed by atoms with van der Waals surface area (Å²) in [4.78, 5) is 16.6. The van der Waals surface area contributed by atoms with Gasteiger partial charge in [0.05, 0.1) is 32.3 Å². The molecule has 4 aromatic heterocycles. The highest BCUT2D eigenvalue weighted by atomic mass is 16.5. The van der Waals surface area contributed by atoms with E-state index in [1.54, 1.807) is 31.2 Å². The molecule has 5 heterocycles. The number of benzene rings is 1. The van der Waals surface area contributed by atoms with E-state index in [1.165, 1.54) is 0 Å². The third kappa shape index (κ3) is 4.80. The first kappa shape index (κ1) is 25.7. The molecular formula is C28H33N9O3. The van der Waals surface area contributed by atoms with Gasteiger partial charge in [-0.05, 0) is 38.8 Å². The zero-order valence-electron chi connectivity index (χ0n) is 23.2. The summed E-state index contributed by atoms with van der Waals surface area (Å²) in [6.45, 7) is 7.19. The molecule has 0 bridgehead atoms. The van der Waals surface area contributed by atoms with Gasteiger partial charge in [-0.1, -0.05) is 0 Å². The maximum Gasteiger partial charge on any atom is 0.245 e. The van der Waals surface area contributed by atoms with Gasteiger partial charge in [0.15, 0.2) is 11.5 Å². The van der Waals surface area contributed by atoms with Gasteiger partial charge in [0, 0.05) is 55.5 Å². The van der Waals surface area contributed by atoms with Gasteiger partial charge in [-0.15, -0.1) is 5.10 Å². The number of oxazole rings is 1. The molecule has 1 fully saturated rings. The molecular weight excluding hydrogens is 510 g/mol. The first-order valence-corrected chi connectivity index (χ1v) is 13.5. The van der Waals surface area contributed by atoms with E-state index in [0.29, 0.717) is 24.1 Å². The van der Waals surface area contributed by atoms with Gasteiger partial charge < -0.3 is 24.1 Å². The standard InChI is InChI=1S/C28H33N9O3/c1-5-36-17-21(15-31-36)35-11-6-7-20(16-35)25-33-26-18(2)24(27-29-10-12-40-27)32-28(37(26)34-25)30-14-19-8-9-22(38-3)13-23(19)39-4/h8-10,12-13,15,17,20H,5-7,11,14,16H2,1-4H3,(H,30,32)/t20-/m1/s1. The molecule has 1 aliphatic heterocycles. The number of aryl methyl sites for hydroxylation is 2. The van der Waals surface area contributed by atoms with Crippen molar-refractivity contribution >= 4 is 17.3 Å². The monoisotopic (exact) mass is 543 g/mol. The number of aromatic nitrogens is 7. The lowest BCUT2D eigenvalue weighted by Gasteiger charge is -2.32. The van der Waals surface area contributed by atoms with Crippen LogP contribution in [0.3, 0.4) is 0 Å². The number of anilines is 2. The van der Waals surface area contributed by atoms with Crippen molar-refractivity contribution in [2.24, 2.45) is 0 Å². The zero-order chi connectivity index (χ0) is 27.6. The second-order valence-electron chi connectivity index (χ2n) is 9.82. The Labute approximate surface area is 232 Å². The second kappa shape index (κ2) is 10.9. The molecule has 12 heteroatoms. The molecule has 208 valence electrons. The summed E-state index contributed by atoms with van der Waals surface area (Å²) in [6.07, 6.45) is 9.27. The van der Waals surface area contributed by atoms with Crippen LogP contribution in [-0.4, -0.2) is 61.7 Å². The van der Waals surface area contributed by atoms with E-state index in [9.17, 15) is 0 Å². The van der Waals surface area contributed by atoms with Gasteiger partial charge in [0.1, 0.15) is 23.5 Å². The number of ether oxygens (including phenoxy) is 2. The number of nitrogens with one attached hydrogen (secondary N) is 1. The second-order valence-corrected chi connectivity index (χ2v) is 9.82. The van der Waals surface area contributed by atoms with Crippen molar-refractivity contribution in [1.82, 2.24) is 34.3 Å². The average Bonchev–Trinajstić information content (AvgIpc) is 3.78. The van der Waals surface area contributed by atoms with Crippen LogP contribution in [-0.2, 0) is 13.1 Å². The predicted molar refractivity (Wildman–Crippen MR) is 150 cm³/mol. The van der Waals surface area contributed by atoms with E-state index in [0.717, 1.165) is 72.3 Å². The van der Waals surface area contributed by atoms with Crippen LogP contribution in [0.15, 0.2) is 47.5 Å². The van der Waals surface area contributed by atoms with Crippen LogP contribution in [0.1, 0.15) is 42.6 Å². The molecule has 1 saturated heterocycles. The molecule has 0 unspecified atom stereocenters. The van der Waals surface area contributed by atoms with Crippen LogP contribution >= 0.6 is 0 Å². The van der Waals surface area contributed by atoms with Gasteiger partial charge >= 0.3 is 0 Å². The van der Waals surface area contributed by atoms with Crippen LogP contribution in [0.25, 0.3) is 17.2 Å². The van der Waals surface area contributed by atoms with E-state index in [1.807, 2.05) is 36.0 Å². The van der Waals surface area contributed by atoms with E-state index in [4.69, 9.17) is 29.0 Å². The molecule has 5 aromatic rings. The zero-order valence-corrected chi connectivity index (χ0v) is 23.2. The SMILES string of the molecule is CCn1cc(N2CCC[C@@H](c3nc4c(C)c(-c5ncco5)nc(NCc5ccc(OC)cc5OC)n4n3)C2)cn1. The number of hydrogen-bond acceptors (Lipinski definition) is 10. The Bertz CT molecular complexity index is 1610. The summed E-state index contributed by atoms with van der Waals surface area (Å²) in [5, 5.41) is 12.9. The highest BCUT2D eigenvalue weighted by Crippen LogP contribution is 2.32. The number of hydrogen-bond donors (Lipinski definition) is 1. The van der Waals surface area contributed by atoms with Crippen molar-refractivity contribution in [2.45, 2.75) is 45.7 Å². The third-order valence-electron chi connectivity index (χ3n) is 7.39. The fourth-order valence-electron chi connectivity index (χ4n) is 5.18. The minimum absolute atomic E-state index is 0.178. The summed E-state index contributed by atoms with van der Waals surface area (Å²) in [5.74, 6) is 3.40. The Morgan fingerprint density at radius 1 is 1.18 bits per heavy atom. The summed E-state index contributed by atoms with van der Waals surface area (Å²) in [6, 6.07) is 5.73. The first-order valence-electron chi connectivity index (χ1n) is 13.5. The number of nitrogens with zero attached hydrogens (tertiary/aromatic N) is 8. The molecule has 1 N–H and O–H groups in total. The van der Waals surface area contributed by atoms with Gasteiger partial charge in [-0.2, -0.15) is 9.61 Å². The fraction of sp³-hybridized carbons (Fsp3) is 0.393. The average molecular weight is 544 g/mol. The summed E-state index contributed by atoms with van der Waals surface area (Å²) < 4.78 is 20.3. The maximum atomic E-state index is 5.62. The molecule has 12 nitrogen and oxygen atoms in total. The molecule has 1 aromatic carbocycles. The highest BCUT2D eigenvalue weighted by Gasteiger charge is 2.28. The van der Waals surface area contributed by atoms with E-state index >= 15 is 0 Å². The smallest absolute Gasteiger partial charge is 0.245 e. The number of fused-ring (bicyclic) bond motifs is 1. The minimum atomic E-state index is 0.178. The van der Waals surface area contributed by atoms with Gasteiger partial charge in [0.2, 0.25) is 11.8 Å². The topological polar surface area (TPSA) is 121 Å². The van der Waals surface area contributed by atoms with Crippen molar-refractivity contribution < 1.29 is 13.9 Å². The molecule has 1 atom stereocenters. The maximum absolute atomic E-state index is 5.62. The number of methoxy groups -OCH3 is 2. The number of rotatable bonds is 9. The van der Waals surface area contributed by atoms with Crippen LogP contribution < -0.4 is 19.7 Å². The van der Waals surface area contributed by atoms with E-state index in [2.05, 4.69) is 33.4 Å². The lowest BCUT2D eigenvalue weighted by Crippen LogP contribution is -2.34. The van der Waals surface area contributed by atoms with Crippen LogP contribution in [0.5, 0.6) is 11.5 Å². The highest BCUT2D eigenvalue weighted by molar-refractivity contribution is 5.66. The summed E-state index contributed by atoms with van der Waals surface area (Å²) in [5.41, 5.74) is 4.28. The molecule has 0 spiro atoms. The normalized spacial score (nSPS) is 15.5. The molecule has 0 radical (unpaired) electrons. The lowest BCUT2D eigenvalue weighted by molar-refractivity contribution is 0.391. The predicted octanol–water partition coefficient (Wildman–Crippen LogP) is 4.32. The van der Waals surface area contributed by atoms with Crippen molar-refractivity contribution in [1.29, 1.82) is 0 Å². The molecule has 0 aliphatic carbocycles. The molecule has 6 rings (SSSR count). The minimum Gasteiger partial charge on any atom is -0.497 e. The van der Waals surface area contributed by atoms with Crippen molar-refractivity contribution in [3.05, 3.63) is 60.0 Å².